The summed E-state index contributed by atoms with van der Waals surface area (Å²) in [6.07, 6.45) is 7.31. The number of thioether (sulfide) groups is 1. The van der Waals surface area contributed by atoms with Crippen LogP contribution >= 0.6 is 11.8 Å². The summed E-state index contributed by atoms with van der Waals surface area (Å²) < 4.78 is 7.59. The van der Waals surface area contributed by atoms with Crippen molar-refractivity contribution in [2.45, 2.75) is 50.2 Å². The summed E-state index contributed by atoms with van der Waals surface area (Å²) in [6.45, 7) is 2.26. The van der Waals surface area contributed by atoms with E-state index >= 15 is 0 Å². The van der Waals surface area contributed by atoms with Crippen molar-refractivity contribution in [3.05, 3.63) is 18.4 Å². The van der Waals surface area contributed by atoms with Gasteiger partial charge in [-0.2, -0.15) is 0 Å². The second kappa shape index (κ2) is 8.88. The van der Waals surface area contributed by atoms with Crippen LogP contribution in [0.4, 0.5) is 4.79 Å². The molecule has 8 nitrogen and oxygen atoms in total. The molecule has 0 saturated heterocycles. The minimum absolute atomic E-state index is 0.0974. The van der Waals surface area contributed by atoms with E-state index in [0.717, 1.165) is 12.8 Å². The van der Waals surface area contributed by atoms with E-state index in [1.54, 1.807) is 13.2 Å². The molecule has 1 saturated carbocycles. The van der Waals surface area contributed by atoms with Crippen molar-refractivity contribution in [2.24, 2.45) is 0 Å². The van der Waals surface area contributed by atoms with Crippen LogP contribution in [0.25, 0.3) is 11.6 Å². The molecule has 1 aliphatic carbocycles. The van der Waals surface area contributed by atoms with Crippen molar-refractivity contribution in [3.8, 4) is 11.6 Å². The first kappa shape index (κ1) is 18.5. The first-order valence-electron chi connectivity index (χ1n) is 8.88. The van der Waals surface area contributed by atoms with E-state index in [4.69, 9.17) is 4.42 Å². The van der Waals surface area contributed by atoms with Gasteiger partial charge in [-0.3, -0.25) is 14.7 Å². The largest absolute Gasteiger partial charge is 0.461 e. The van der Waals surface area contributed by atoms with Crippen LogP contribution in [0.1, 0.15) is 45.1 Å². The van der Waals surface area contributed by atoms with Gasteiger partial charge in [0, 0.05) is 12.6 Å². The van der Waals surface area contributed by atoms with Crippen LogP contribution in [0.3, 0.4) is 0 Å². The fourth-order valence-electron chi connectivity index (χ4n) is 3.12. The van der Waals surface area contributed by atoms with Gasteiger partial charge in [-0.05, 0) is 31.9 Å². The maximum Gasteiger partial charge on any atom is 0.321 e. The zero-order chi connectivity index (χ0) is 18.4. The van der Waals surface area contributed by atoms with Crippen molar-refractivity contribution >= 4 is 23.7 Å². The molecule has 140 valence electrons. The van der Waals surface area contributed by atoms with Crippen LogP contribution in [0.15, 0.2) is 28.0 Å². The average Bonchev–Trinajstić information content (AvgIpc) is 3.30. The number of nitrogens with zero attached hydrogens (tertiary/aromatic N) is 3. The molecule has 0 aromatic carbocycles. The van der Waals surface area contributed by atoms with Gasteiger partial charge in [0.1, 0.15) is 0 Å². The van der Waals surface area contributed by atoms with E-state index in [1.807, 2.05) is 12.1 Å². The molecule has 1 fully saturated rings. The number of aromatic nitrogens is 3. The molecular weight excluding hydrogens is 354 g/mol. The SMILES string of the molecule is CCNC(=O)NC(=O)CSc1nnc(-c2ccco2)n1C1CCCCC1. The van der Waals surface area contributed by atoms with Crippen LogP contribution in [0.2, 0.25) is 0 Å². The molecule has 9 heteroatoms. The minimum atomic E-state index is -0.483. The van der Waals surface area contributed by atoms with E-state index in [0.29, 0.717) is 29.3 Å². The van der Waals surface area contributed by atoms with Crippen molar-refractivity contribution < 1.29 is 14.0 Å². The summed E-state index contributed by atoms with van der Waals surface area (Å²) in [4.78, 5) is 23.4. The molecule has 26 heavy (non-hydrogen) atoms. The van der Waals surface area contributed by atoms with Crippen molar-refractivity contribution in [1.82, 2.24) is 25.4 Å². The second-order valence-electron chi connectivity index (χ2n) is 6.14. The molecule has 0 aliphatic heterocycles. The number of carbonyl (C=O) groups excluding carboxylic acids is 2. The summed E-state index contributed by atoms with van der Waals surface area (Å²) in [7, 11) is 0. The van der Waals surface area contributed by atoms with Crippen molar-refractivity contribution in [1.29, 1.82) is 0 Å². The quantitative estimate of drug-likeness (QED) is 0.751. The van der Waals surface area contributed by atoms with Gasteiger partial charge in [-0.25, -0.2) is 4.79 Å². The third-order valence-corrected chi connectivity index (χ3v) is 5.21. The van der Waals surface area contributed by atoms with Gasteiger partial charge in [-0.15, -0.1) is 10.2 Å². The highest BCUT2D eigenvalue weighted by Crippen LogP contribution is 2.35. The van der Waals surface area contributed by atoms with Crippen LogP contribution in [-0.4, -0.2) is 39.0 Å². The molecule has 0 spiro atoms. The number of imide groups is 1. The second-order valence-corrected chi connectivity index (χ2v) is 7.08. The van der Waals surface area contributed by atoms with Gasteiger partial charge in [0.25, 0.3) is 0 Å². The normalized spacial score (nSPS) is 15.0. The lowest BCUT2D eigenvalue weighted by atomic mass is 9.95. The molecule has 0 bridgehead atoms. The Balaban J connectivity index is 1.74. The zero-order valence-corrected chi connectivity index (χ0v) is 15.6. The Kier molecular flexibility index (Phi) is 6.32. The van der Waals surface area contributed by atoms with Gasteiger partial charge in [0.15, 0.2) is 10.9 Å². The summed E-state index contributed by atoms with van der Waals surface area (Å²) in [6, 6.07) is 3.50. The molecule has 2 aromatic heterocycles. The maximum absolute atomic E-state index is 12.0. The summed E-state index contributed by atoms with van der Waals surface area (Å²) in [5.74, 6) is 1.09. The third-order valence-electron chi connectivity index (χ3n) is 4.27. The Hall–Kier alpha value is -2.29. The number of rotatable bonds is 6. The van der Waals surface area contributed by atoms with E-state index in [1.165, 1.54) is 31.0 Å². The fraction of sp³-hybridized carbons (Fsp3) is 0.529. The molecule has 1 aliphatic rings. The smallest absolute Gasteiger partial charge is 0.321 e. The molecule has 3 rings (SSSR count). The first-order chi connectivity index (χ1) is 12.7. The van der Waals surface area contributed by atoms with Gasteiger partial charge in [-0.1, -0.05) is 31.0 Å². The average molecular weight is 377 g/mol. The number of hydrogen-bond acceptors (Lipinski definition) is 6. The Morgan fingerprint density at radius 1 is 1.31 bits per heavy atom. The maximum atomic E-state index is 12.0. The van der Waals surface area contributed by atoms with Crippen molar-refractivity contribution in [3.63, 3.8) is 0 Å². The zero-order valence-electron chi connectivity index (χ0n) is 14.7. The molecule has 2 heterocycles. The van der Waals surface area contributed by atoms with Crippen LogP contribution in [0, 0.1) is 0 Å². The van der Waals surface area contributed by atoms with E-state index in [2.05, 4.69) is 25.4 Å². The standard InChI is InChI=1S/C17H23N5O3S/c1-2-18-16(24)19-14(23)11-26-17-21-20-15(13-9-6-10-25-13)22(17)12-7-4-3-5-8-12/h6,9-10,12H,2-5,7-8,11H2,1H3,(H2,18,19,23,24). The third kappa shape index (κ3) is 4.46. The summed E-state index contributed by atoms with van der Waals surface area (Å²) >= 11 is 1.28. The topological polar surface area (TPSA) is 102 Å². The Morgan fingerprint density at radius 2 is 2.12 bits per heavy atom. The first-order valence-corrected chi connectivity index (χ1v) is 9.87. The predicted octanol–water partition coefficient (Wildman–Crippen LogP) is 2.98. The number of furan rings is 1. The highest BCUT2D eigenvalue weighted by molar-refractivity contribution is 7.99. The van der Waals surface area contributed by atoms with Crippen LogP contribution < -0.4 is 10.6 Å². The van der Waals surface area contributed by atoms with Gasteiger partial charge in [0.05, 0.1) is 12.0 Å². The molecule has 0 atom stereocenters. The highest BCUT2D eigenvalue weighted by Gasteiger charge is 2.25. The van der Waals surface area contributed by atoms with Gasteiger partial charge < -0.3 is 9.73 Å². The molecule has 2 N–H and O–H groups in total. The Bertz CT molecular complexity index is 738. The van der Waals surface area contributed by atoms with Crippen LogP contribution in [-0.2, 0) is 4.79 Å². The number of hydrogen-bond donors (Lipinski definition) is 2. The monoisotopic (exact) mass is 377 g/mol. The number of amides is 3. The number of urea groups is 1. The molecule has 3 amide bonds. The summed E-state index contributed by atoms with van der Waals surface area (Å²) in [5.41, 5.74) is 0. The molecule has 2 aromatic rings. The Labute approximate surface area is 156 Å². The lowest BCUT2D eigenvalue weighted by Gasteiger charge is -2.25. The minimum Gasteiger partial charge on any atom is -0.461 e. The molecular formula is C17H23N5O3S. The predicted molar refractivity (Wildman–Crippen MR) is 97.8 cm³/mol. The lowest BCUT2D eigenvalue weighted by Crippen LogP contribution is -2.40. The van der Waals surface area contributed by atoms with Gasteiger partial charge >= 0.3 is 6.03 Å². The van der Waals surface area contributed by atoms with Crippen LogP contribution in [0.5, 0.6) is 0 Å². The highest BCUT2D eigenvalue weighted by atomic mass is 32.2. The van der Waals surface area contributed by atoms with E-state index in [9.17, 15) is 9.59 Å². The van der Waals surface area contributed by atoms with E-state index in [-0.39, 0.29) is 11.7 Å². The molecule has 0 radical (unpaired) electrons. The van der Waals surface area contributed by atoms with E-state index < -0.39 is 6.03 Å². The molecule has 0 unspecified atom stereocenters. The Morgan fingerprint density at radius 3 is 2.81 bits per heavy atom. The van der Waals surface area contributed by atoms with Gasteiger partial charge in [0.2, 0.25) is 11.7 Å². The summed E-state index contributed by atoms with van der Waals surface area (Å²) in [5, 5.41) is 14.1. The fourth-order valence-corrected chi connectivity index (χ4v) is 3.92. The lowest BCUT2D eigenvalue weighted by molar-refractivity contribution is -0.117. The number of carbonyl (C=O) groups is 2. The van der Waals surface area contributed by atoms with Crippen molar-refractivity contribution in [2.75, 3.05) is 12.3 Å². The number of nitrogens with one attached hydrogen (secondary N) is 2.